The first-order valence-electron chi connectivity index (χ1n) is 7.55. The van der Waals surface area contributed by atoms with Crippen LogP contribution in [0.4, 0.5) is 13.2 Å². The van der Waals surface area contributed by atoms with Gasteiger partial charge < -0.3 is 14.6 Å². The average Bonchev–Trinajstić information content (AvgIpc) is 2.89. The standard InChI is InChI=1S/C18H21F3O3/c1-15(2)16(12-24-3,9-10-18(19,20)21)17(15,14(22)23)11-13-7-5-4-6-8-13/h4-10H,11-12H2,1-3H3,(H,22,23)/p-1. The van der Waals surface area contributed by atoms with Gasteiger partial charge in [0.1, 0.15) is 0 Å². The van der Waals surface area contributed by atoms with E-state index in [1.54, 1.807) is 44.2 Å². The Kier molecular flexibility index (Phi) is 4.57. The van der Waals surface area contributed by atoms with E-state index in [4.69, 9.17) is 4.74 Å². The van der Waals surface area contributed by atoms with Gasteiger partial charge in [0, 0.05) is 30.0 Å². The van der Waals surface area contributed by atoms with Crippen LogP contribution in [0, 0.1) is 16.2 Å². The molecule has 0 N–H and O–H groups in total. The first-order chi connectivity index (χ1) is 11.0. The third-order valence-electron chi connectivity index (χ3n) is 5.47. The fourth-order valence-electron chi connectivity index (χ4n) is 4.05. The number of carbonyl (C=O) groups excluding carboxylic acids is 1. The van der Waals surface area contributed by atoms with Crippen LogP contribution in [-0.2, 0) is 16.0 Å². The highest BCUT2D eigenvalue weighted by Gasteiger charge is 2.81. The molecule has 3 nitrogen and oxygen atoms in total. The van der Waals surface area contributed by atoms with Gasteiger partial charge in [0.25, 0.3) is 0 Å². The zero-order chi connectivity index (χ0) is 18.2. The summed E-state index contributed by atoms with van der Waals surface area (Å²) in [6.45, 7) is 3.16. The van der Waals surface area contributed by atoms with E-state index in [1.807, 2.05) is 0 Å². The van der Waals surface area contributed by atoms with Gasteiger partial charge in [0.05, 0.1) is 6.61 Å². The van der Waals surface area contributed by atoms with Crippen molar-refractivity contribution in [2.24, 2.45) is 16.2 Å². The SMILES string of the molecule is COCC1(C=CC(F)(F)F)C(C)(C)C1(Cc1ccccc1)C(=O)[O-]. The van der Waals surface area contributed by atoms with Crippen molar-refractivity contribution < 1.29 is 27.8 Å². The van der Waals surface area contributed by atoms with Gasteiger partial charge in [-0.1, -0.05) is 50.3 Å². The number of halogens is 3. The molecule has 0 spiro atoms. The van der Waals surface area contributed by atoms with Crippen LogP contribution in [0.2, 0.25) is 0 Å². The van der Waals surface area contributed by atoms with Crippen LogP contribution in [0.5, 0.6) is 0 Å². The van der Waals surface area contributed by atoms with Crippen LogP contribution in [-0.4, -0.2) is 25.9 Å². The molecule has 132 valence electrons. The van der Waals surface area contributed by atoms with Crippen molar-refractivity contribution in [2.75, 3.05) is 13.7 Å². The molecule has 0 saturated heterocycles. The minimum Gasteiger partial charge on any atom is -0.549 e. The fraction of sp³-hybridized carbons (Fsp3) is 0.500. The lowest BCUT2D eigenvalue weighted by atomic mass is 9.86. The number of carboxylic acid groups (broad SMARTS) is 1. The number of benzene rings is 1. The number of carboxylic acids is 1. The first-order valence-corrected chi connectivity index (χ1v) is 7.55. The maximum absolute atomic E-state index is 12.7. The second-order valence-corrected chi connectivity index (χ2v) is 6.76. The van der Waals surface area contributed by atoms with E-state index in [9.17, 15) is 23.1 Å². The lowest BCUT2D eigenvalue weighted by Gasteiger charge is -2.25. The Hall–Kier alpha value is -1.82. The van der Waals surface area contributed by atoms with Gasteiger partial charge in [-0.3, -0.25) is 0 Å². The lowest BCUT2D eigenvalue weighted by molar-refractivity contribution is -0.316. The van der Waals surface area contributed by atoms with Crippen LogP contribution in [0.1, 0.15) is 19.4 Å². The Bertz CT molecular complexity index is 637. The van der Waals surface area contributed by atoms with Crippen LogP contribution < -0.4 is 5.11 Å². The summed E-state index contributed by atoms with van der Waals surface area (Å²) in [5, 5.41) is 12.0. The Morgan fingerprint density at radius 1 is 1.25 bits per heavy atom. The minimum atomic E-state index is -4.52. The van der Waals surface area contributed by atoms with Crippen molar-refractivity contribution in [3.8, 4) is 0 Å². The van der Waals surface area contributed by atoms with Crippen molar-refractivity contribution in [2.45, 2.75) is 26.4 Å². The number of aliphatic carboxylic acids is 1. The molecule has 0 aliphatic heterocycles. The van der Waals surface area contributed by atoms with Gasteiger partial charge in [0.2, 0.25) is 0 Å². The molecule has 1 saturated carbocycles. The molecule has 2 atom stereocenters. The number of alkyl halides is 3. The predicted molar refractivity (Wildman–Crippen MR) is 80.9 cm³/mol. The molecule has 0 bridgehead atoms. The highest BCUT2D eigenvalue weighted by atomic mass is 19.4. The number of ether oxygens (including phenoxy) is 1. The maximum Gasteiger partial charge on any atom is 0.409 e. The number of allylic oxidation sites excluding steroid dienone is 1. The summed E-state index contributed by atoms with van der Waals surface area (Å²) < 4.78 is 43.2. The predicted octanol–water partition coefficient (Wildman–Crippen LogP) is 2.76. The number of rotatable bonds is 6. The second kappa shape index (κ2) is 5.92. The molecule has 6 heteroatoms. The Morgan fingerprint density at radius 3 is 2.29 bits per heavy atom. The summed E-state index contributed by atoms with van der Waals surface area (Å²) in [7, 11) is 1.35. The highest BCUT2D eigenvalue weighted by molar-refractivity contribution is 5.82. The van der Waals surface area contributed by atoms with E-state index < -0.39 is 28.4 Å². The van der Waals surface area contributed by atoms with E-state index in [1.165, 1.54) is 7.11 Å². The monoisotopic (exact) mass is 341 g/mol. The molecule has 0 heterocycles. The van der Waals surface area contributed by atoms with Crippen molar-refractivity contribution in [3.63, 3.8) is 0 Å². The van der Waals surface area contributed by atoms with E-state index in [-0.39, 0.29) is 19.1 Å². The van der Waals surface area contributed by atoms with Crippen LogP contribution in [0.3, 0.4) is 0 Å². The van der Waals surface area contributed by atoms with Crippen molar-refractivity contribution in [3.05, 3.63) is 48.0 Å². The number of hydrogen-bond donors (Lipinski definition) is 0. The molecule has 2 rings (SSSR count). The Labute approximate surface area is 139 Å². The van der Waals surface area contributed by atoms with Gasteiger partial charge in [0.15, 0.2) is 0 Å². The van der Waals surface area contributed by atoms with Gasteiger partial charge in [-0.05, 0) is 17.4 Å². The minimum absolute atomic E-state index is 0.0781. The number of methoxy groups -OCH3 is 1. The number of hydrogen-bond acceptors (Lipinski definition) is 3. The van der Waals surface area contributed by atoms with Crippen molar-refractivity contribution >= 4 is 5.97 Å². The summed E-state index contributed by atoms with van der Waals surface area (Å²) in [5.74, 6) is -1.36. The normalized spacial score (nSPS) is 28.9. The molecule has 1 aromatic carbocycles. The summed E-state index contributed by atoms with van der Waals surface area (Å²) in [4.78, 5) is 12.0. The van der Waals surface area contributed by atoms with E-state index in [2.05, 4.69) is 0 Å². The molecular weight excluding hydrogens is 321 g/mol. The molecule has 0 amide bonds. The summed E-state index contributed by atoms with van der Waals surface area (Å²) in [6.07, 6.45) is -3.41. The molecule has 1 aromatic rings. The molecule has 1 fully saturated rings. The average molecular weight is 341 g/mol. The van der Waals surface area contributed by atoms with Gasteiger partial charge in [-0.25, -0.2) is 0 Å². The zero-order valence-electron chi connectivity index (χ0n) is 13.8. The molecule has 2 unspecified atom stereocenters. The third-order valence-corrected chi connectivity index (χ3v) is 5.47. The molecule has 0 aromatic heterocycles. The van der Waals surface area contributed by atoms with Crippen LogP contribution in [0.15, 0.2) is 42.5 Å². The number of carbonyl (C=O) groups is 1. The fourth-order valence-corrected chi connectivity index (χ4v) is 4.05. The molecule has 24 heavy (non-hydrogen) atoms. The third kappa shape index (κ3) is 2.62. The van der Waals surface area contributed by atoms with E-state index >= 15 is 0 Å². The van der Waals surface area contributed by atoms with Crippen LogP contribution >= 0.6 is 0 Å². The Balaban J connectivity index is 2.53. The zero-order valence-corrected chi connectivity index (χ0v) is 13.8. The second-order valence-electron chi connectivity index (χ2n) is 6.76. The summed E-state index contributed by atoms with van der Waals surface area (Å²) >= 11 is 0. The smallest absolute Gasteiger partial charge is 0.409 e. The highest BCUT2D eigenvalue weighted by Crippen LogP contribution is 2.79. The first kappa shape index (κ1) is 18.5. The quantitative estimate of drug-likeness (QED) is 0.748. The molecular formula is C18H20F3O3-. The topological polar surface area (TPSA) is 49.4 Å². The van der Waals surface area contributed by atoms with Crippen molar-refractivity contribution in [1.82, 2.24) is 0 Å². The molecule has 0 radical (unpaired) electrons. The summed E-state index contributed by atoms with van der Waals surface area (Å²) in [5.41, 5.74) is -2.99. The molecule has 1 aliphatic rings. The van der Waals surface area contributed by atoms with Crippen molar-refractivity contribution in [1.29, 1.82) is 0 Å². The molecule has 1 aliphatic carbocycles. The van der Waals surface area contributed by atoms with E-state index in [0.717, 1.165) is 11.6 Å². The lowest BCUT2D eigenvalue weighted by Crippen LogP contribution is -2.40. The van der Waals surface area contributed by atoms with E-state index in [0.29, 0.717) is 0 Å². The van der Waals surface area contributed by atoms with Crippen LogP contribution in [0.25, 0.3) is 0 Å². The van der Waals surface area contributed by atoms with Gasteiger partial charge >= 0.3 is 6.18 Å². The largest absolute Gasteiger partial charge is 0.549 e. The summed E-state index contributed by atoms with van der Waals surface area (Å²) in [6, 6.07) is 8.82. The van der Waals surface area contributed by atoms with Gasteiger partial charge in [-0.2, -0.15) is 13.2 Å². The van der Waals surface area contributed by atoms with Gasteiger partial charge in [-0.15, -0.1) is 0 Å². The Morgan fingerprint density at radius 2 is 1.83 bits per heavy atom. The maximum atomic E-state index is 12.7.